The van der Waals surface area contributed by atoms with E-state index in [1.165, 1.54) is 4.90 Å². The predicted octanol–water partition coefficient (Wildman–Crippen LogP) is 0.273. The zero-order chi connectivity index (χ0) is 12.3. The SMILES string of the molecule is CNC(=O)C1CCCN1C(=O)C(C)(C)C#N. The van der Waals surface area contributed by atoms with E-state index in [0.29, 0.717) is 13.0 Å². The molecule has 2 amide bonds. The van der Waals surface area contributed by atoms with Crippen molar-refractivity contribution in [3.63, 3.8) is 0 Å². The Hall–Kier alpha value is -1.57. The summed E-state index contributed by atoms with van der Waals surface area (Å²) in [7, 11) is 1.55. The predicted molar refractivity (Wildman–Crippen MR) is 58.2 cm³/mol. The lowest BCUT2D eigenvalue weighted by Crippen LogP contribution is -2.49. The zero-order valence-corrected chi connectivity index (χ0v) is 9.91. The Morgan fingerprint density at radius 3 is 2.62 bits per heavy atom. The van der Waals surface area contributed by atoms with Crippen LogP contribution in [0.5, 0.6) is 0 Å². The van der Waals surface area contributed by atoms with Crippen molar-refractivity contribution < 1.29 is 9.59 Å². The fraction of sp³-hybridized carbons (Fsp3) is 0.727. The number of likely N-dealkylation sites (N-methyl/N-ethyl adjacent to an activating group) is 1. The summed E-state index contributed by atoms with van der Waals surface area (Å²) in [6.07, 6.45) is 1.48. The van der Waals surface area contributed by atoms with E-state index in [2.05, 4.69) is 5.32 Å². The lowest BCUT2D eigenvalue weighted by atomic mass is 9.93. The molecule has 88 valence electrons. The molecule has 0 bridgehead atoms. The van der Waals surface area contributed by atoms with E-state index < -0.39 is 11.5 Å². The van der Waals surface area contributed by atoms with Gasteiger partial charge in [0.05, 0.1) is 6.07 Å². The van der Waals surface area contributed by atoms with Gasteiger partial charge in [-0.15, -0.1) is 0 Å². The van der Waals surface area contributed by atoms with Gasteiger partial charge in [0.15, 0.2) is 0 Å². The number of nitrogens with zero attached hydrogens (tertiary/aromatic N) is 2. The second kappa shape index (κ2) is 4.52. The average molecular weight is 223 g/mol. The molecule has 0 radical (unpaired) electrons. The van der Waals surface area contributed by atoms with Gasteiger partial charge in [-0.25, -0.2) is 0 Å². The number of carbonyl (C=O) groups is 2. The molecule has 0 saturated carbocycles. The molecule has 1 saturated heterocycles. The third-order valence-electron chi connectivity index (χ3n) is 2.88. The first-order valence-electron chi connectivity index (χ1n) is 5.38. The number of hydrogen-bond donors (Lipinski definition) is 1. The molecule has 1 aliphatic heterocycles. The number of amides is 2. The van der Waals surface area contributed by atoms with E-state index >= 15 is 0 Å². The van der Waals surface area contributed by atoms with Crippen LogP contribution in [0.25, 0.3) is 0 Å². The average Bonchev–Trinajstić information content (AvgIpc) is 2.75. The molecule has 1 aliphatic rings. The molecule has 0 aromatic carbocycles. The maximum Gasteiger partial charge on any atom is 0.243 e. The highest BCUT2D eigenvalue weighted by Crippen LogP contribution is 2.25. The Morgan fingerprint density at radius 1 is 1.50 bits per heavy atom. The number of nitrogens with one attached hydrogen (secondary N) is 1. The number of nitriles is 1. The van der Waals surface area contributed by atoms with Crippen LogP contribution in [-0.2, 0) is 9.59 Å². The van der Waals surface area contributed by atoms with Crippen molar-refractivity contribution in [2.75, 3.05) is 13.6 Å². The van der Waals surface area contributed by atoms with Crippen molar-refractivity contribution in [3.8, 4) is 6.07 Å². The monoisotopic (exact) mass is 223 g/mol. The molecule has 1 N–H and O–H groups in total. The highest BCUT2D eigenvalue weighted by Gasteiger charge is 2.40. The van der Waals surface area contributed by atoms with E-state index in [4.69, 9.17) is 5.26 Å². The largest absolute Gasteiger partial charge is 0.357 e. The van der Waals surface area contributed by atoms with Gasteiger partial charge in [0.25, 0.3) is 0 Å². The third-order valence-corrected chi connectivity index (χ3v) is 2.88. The van der Waals surface area contributed by atoms with E-state index in [1.54, 1.807) is 20.9 Å². The molecule has 0 aliphatic carbocycles. The van der Waals surface area contributed by atoms with Gasteiger partial charge >= 0.3 is 0 Å². The molecule has 0 aromatic heterocycles. The van der Waals surface area contributed by atoms with Gasteiger partial charge in [0, 0.05) is 13.6 Å². The highest BCUT2D eigenvalue weighted by molar-refractivity contribution is 5.91. The van der Waals surface area contributed by atoms with Crippen LogP contribution in [0, 0.1) is 16.7 Å². The minimum atomic E-state index is -1.06. The first kappa shape index (κ1) is 12.5. The summed E-state index contributed by atoms with van der Waals surface area (Å²) >= 11 is 0. The van der Waals surface area contributed by atoms with Crippen LogP contribution in [0.15, 0.2) is 0 Å². The summed E-state index contributed by atoms with van der Waals surface area (Å²) in [5, 5.41) is 11.5. The fourth-order valence-corrected chi connectivity index (χ4v) is 1.86. The molecule has 16 heavy (non-hydrogen) atoms. The number of carbonyl (C=O) groups excluding carboxylic acids is 2. The smallest absolute Gasteiger partial charge is 0.243 e. The van der Waals surface area contributed by atoms with Gasteiger partial charge in [-0.2, -0.15) is 5.26 Å². The summed E-state index contributed by atoms with van der Waals surface area (Å²) in [6.45, 7) is 3.71. The summed E-state index contributed by atoms with van der Waals surface area (Å²) in [4.78, 5) is 25.1. The topological polar surface area (TPSA) is 73.2 Å². The van der Waals surface area contributed by atoms with Crippen molar-refractivity contribution in [2.45, 2.75) is 32.7 Å². The van der Waals surface area contributed by atoms with Gasteiger partial charge in [0.1, 0.15) is 11.5 Å². The van der Waals surface area contributed by atoms with Gasteiger partial charge in [-0.1, -0.05) is 0 Å². The molecule has 5 nitrogen and oxygen atoms in total. The van der Waals surface area contributed by atoms with E-state index in [9.17, 15) is 9.59 Å². The molecule has 1 fully saturated rings. The Bertz CT molecular complexity index is 344. The molecule has 1 rings (SSSR count). The van der Waals surface area contributed by atoms with Crippen LogP contribution in [0.2, 0.25) is 0 Å². The first-order valence-corrected chi connectivity index (χ1v) is 5.38. The van der Waals surface area contributed by atoms with Crippen molar-refractivity contribution in [1.82, 2.24) is 10.2 Å². The summed E-state index contributed by atoms with van der Waals surface area (Å²) in [5.74, 6) is -0.416. The summed E-state index contributed by atoms with van der Waals surface area (Å²) < 4.78 is 0. The quantitative estimate of drug-likeness (QED) is 0.730. The molecule has 1 atom stereocenters. The number of rotatable bonds is 2. The van der Waals surface area contributed by atoms with E-state index in [1.807, 2.05) is 6.07 Å². The normalized spacial score (nSPS) is 20.4. The van der Waals surface area contributed by atoms with Crippen molar-refractivity contribution >= 4 is 11.8 Å². The Morgan fingerprint density at radius 2 is 2.12 bits per heavy atom. The van der Waals surface area contributed by atoms with Gasteiger partial charge in [0.2, 0.25) is 11.8 Å². The summed E-state index contributed by atoms with van der Waals surface area (Å²) in [5.41, 5.74) is -1.06. The molecular weight excluding hydrogens is 206 g/mol. The van der Waals surface area contributed by atoms with Crippen molar-refractivity contribution in [3.05, 3.63) is 0 Å². The standard InChI is InChI=1S/C11H17N3O2/c1-11(2,7-12)10(16)14-6-4-5-8(14)9(15)13-3/h8H,4-6H2,1-3H3,(H,13,15). The maximum atomic E-state index is 12.1. The Kier molecular flexibility index (Phi) is 3.53. The first-order chi connectivity index (χ1) is 7.44. The molecule has 0 aromatic rings. The number of likely N-dealkylation sites (tertiary alicyclic amines) is 1. The number of hydrogen-bond acceptors (Lipinski definition) is 3. The fourth-order valence-electron chi connectivity index (χ4n) is 1.86. The molecule has 0 spiro atoms. The van der Waals surface area contributed by atoms with Crippen LogP contribution in [0.4, 0.5) is 0 Å². The van der Waals surface area contributed by atoms with Crippen LogP contribution >= 0.6 is 0 Å². The van der Waals surface area contributed by atoms with Crippen LogP contribution < -0.4 is 5.32 Å². The van der Waals surface area contributed by atoms with Crippen molar-refractivity contribution in [2.24, 2.45) is 5.41 Å². The van der Waals surface area contributed by atoms with Gasteiger partial charge in [-0.05, 0) is 26.7 Å². The molecular formula is C11H17N3O2. The summed E-state index contributed by atoms with van der Waals surface area (Å²) in [6, 6.07) is 1.56. The molecule has 1 heterocycles. The van der Waals surface area contributed by atoms with Crippen molar-refractivity contribution in [1.29, 1.82) is 5.26 Å². The third kappa shape index (κ3) is 2.16. The zero-order valence-electron chi connectivity index (χ0n) is 9.91. The maximum absolute atomic E-state index is 12.1. The molecule has 5 heteroatoms. The second-order valence-electron chi connectivity index (χ2n) is 4.51. The molecule has 1 unspecified atom stereocenters. The lowest BCUT2D eigenvalue weighted by molar-refractivity contribution is -0.143. The minimum Gasteiger partial charge on any atom is -0.357 e. The second-order valence-corrected chi connectivity index (χ2v) is 4.51. The Labute approximate surface area is 95.4 Å². The van der Waals surface area contributed by atoms with Crippen LogP contribution in [-0.4, -0.2) is 36.3 Å². The van der Waals surface area contributed by atoms with Crippen LogP contribution in [0.1, 0.15) is 26.7 Å². The minimum absolute atomic E-state index is 0.153. The lowest BCUT2D eigenvalue weighted by Gasteiger charge is -2.28. The van der Waals surface area contributed by atoms with Gasteiger partial charge < -0.3 is 10.2 Å². The van der Waals surface area contributed by atoms with Gasteiger partial charge in [-0.3, -0.25) is 9.59 Å². The highest BCUT2D eigenvalue weighted by atomic mass is 16.2. The van der Waals surface area contributed by atoms with E-state index in [0.717, 1.165) is 6.42 Å². The van der Waals surface area contributed by atoms with Crippen LogP contribution in [0.3, 0.4) is 0 Å². The van der Waals surface area contributed by atoms with E-state index in [-0.39, 0.29) is 11.8 Å². The Balaban J connectivity index is 2.85.